The third-order valence-corrected chi connectivity index (χ3v) is 3.93. The number of aryl methyl sites for hydroxylation is 2. The number of nitrogens with zero attached hydrogens (tertiary/aromatic N) is 3. The van der Waals surface area contributed by atoms with Crippen molar-refractivity contribution in [1.29, 1.82) is 0 Å². The van der Waals surface area contributed by atoms with Gasteiger partial charge in [-0.05, 0) is 53.3 Å². The summed E-state index contributed by atoms with van der Waals surface area (Å²) in [5.41, 5.74) is 3.22. The van der Waals surface area contributed by atoms with Crippen LogP contribution >= 0.6 is 28.1 Å². The fourth-order valence-corrected chi connectivity index (χ4v) is 2.71. The molecule has 3 rings (SSSR count). The second kappa shape index (κ2) is 4.28. The van der Waals surface area contributed by atoms with E-state index in [-0.39, 0.29) is 5.82 Å². The van der Waals surface area contributed by atoms with Gasteiger partial charge in [0, 0.05) is 7.05 Å². The van der Waals surface area contributed by atoms with Crippen molar-refractivity contribution >= 4 is 39.3 Å². The maximum atomic E-state index is 13.7. The van der Waals surface area contributed by atoms with E-state index in [1.54, 1.807) is 21.4 Å². The van der Waals surface area contributed by atoms with Crippen LogP contribution in [0, 0.1) is 17.5 Å². The number of fused-ring (bicyclic) bond motifs is 1. The molecule has 0 saturated carbocycles. The molecule has 0 saturated heterocycles. The average Bonchev–Trinajstić information content (AvgIpc) is 2.82. The van der Waals surface area contributed by atoms with Crippen LogP contribution in [-0.4, -0.2) is 19.3 Å². The van der Waals surface area contributed by atoms with Crippen molar-refractivity contribution in [3.8, 4) is 5.69 Å². The fraction of sp³-hybridized carbons (Fsp3) is 0.167. The van der Waals surface area contributed by atoms with Gasteiger partial charge in [0.05, 0.1) is 15.9 Å². The van der Waals surface area contributed by atoms with Gasteiger partial charge in [0.2, 0.25) is 0 Å². The normalized spacial score (nSPS) is 11.4. The second-order valence-corrected chi connectivity index (χ2v) is 5.51. The van der Waals surface area contributed by atoms with Gasteiger partial charge in [-0.3, -0.25) is 4.57 Å². The Morgan fingerprint density at radius 2 is 2.16 bits per heavy atom. The quantitative estimate of drug-likeness (QED) is 0.687. The Kier molecular flexibility index (Phi) is 2.83. The second-order valence-electron chi connectivity index (χ2n) is 4.27. The summed E-state index contributed by atoms with van der Waals surface area (Å²) in [6, 6.07) is 4.91. The predicted molar refractivity (Wildman–Crippen MR) is 77.6 cm³/mol. The largest absolute Gasteiger partial charge is 0.327 e. The molecular weight excluding hydrogens is 331 g/mol. The van der Waals surface area contributed by atoms with Crippen LogP contribution in [-0.2, 0) is 7.05 Å². The van der Waals surface area contributed by atoms with Gasteiger partial charge in [0.15, 0.2) is 10.4 Å². The smallest absolute Gasteiger partial charge is 0.184 e. The van der Waals surface area contributed by atoms with Crippen LogP contribution in [0.15, 0.2) is 22.7 Å². The molecule has 0 aliphatic rings. The van der Waals surface area contributed by atoms with E-state index < -0.39 is 0 Å². The molecule has 1 N–H and O–H groups in total. The van der Waals surface area contributed by atoms with Crippen molar-refractivity contribution < 1.29 is 4.39 Å². The van der Waals surface area contributed by atoms with Crippen molar-refractivity contribution in [3.05, 3.63) is 39.0 Å². The number of benzene rings is 1. The number of rotatable bonds is 1. The lowest BCUT2D eigenvalue weighted by atomic mass is 10.3. The van der Waals surface area contributed by atoms with E-state index in [2.05, 4.69) is 26.0 Å². The third-order valence-electron chi connectivity index (χ3n) is 3.00. The first-order valence-electron chi connectivity index (χ1n) is 5.59. The number of aromatic nitrogens is 4. The molecule has 0 atom stereocenters. The number of halogens is 2. The summed E-state index contributed by atoms with van der Waals surface area (Å²) in [5, 5.41) is 4.33. The van der Waals surface area contributed by atoms with Gasteiger partial charge in [-0.25, -0.2) is 9.07 Å². The highest BCUT2D eigenvalue weighted by Crippen LogP contribution is 2.24. The van der Waals surface area contributed by atoms with Crippen molar-refractivity contribution in [2.75, 3.05) is 0 Å². The molecular formula is C12H10BrFN4S. The van der Waals surface area contributed by atoms with Gasteiger partial charge in [-0.2, -0.15) is 5.10 Å². The van der Waals surface area contributed by atoms with Crippen LogP contribution < -0.4 is 0 Å². The van der Waals surface area contributed by atoms with Crippen LogP contribution in [0.2, 0.25) is 0 Å². The van der Waals surface area contributed by atoms with Gasteiger partial charge in [-0.1, -0.05) is 0 Å². The van der Waals surface area contributed by atoms with Gasteiger partial charge in [0.25, 0.3) is 0 Å². The Balaban J connectivity index is 2.38. The maximum Gasteiger partial charge on any atom is 0.184 e. The van der Waals surface area contributed by atoms with Crippen LogP contribution in [0.4, 0.5) is 4.39 Å². The van der Waals surface area contributed by atoms with Gasteiger partial charge < -0.3 is 4.98 Å². The van der Waals surface area contributed by atoms with E-state index >= 15 is 0 Å². The van der Waals surface area contributed by atoms with Crippen LogP contribution in [0.1, 0.15) is 5.69 Å². The minimum Gasteiger partial charge on any atom is -0.327 e. The molecule has 0 aliphatic heterocycles. The molecule has 0 radical (unpaired) electrons. The lowest BCUT2D eigenvalue weighted by Crippen LogP contribution is -2.01. The summed E-state index contributed by atoms with van der Waals surface area (Å²) in [6.07, 6.45) is 0. The van der Waals surface area contributed by atoms with Crippen molar-refractivity contribution in [3.63, 3.8) is 0 Å². The zero-order chi connectivity index (χ0) is 13.7. The molecule has 0 spiro atoms. The van der Waals surface area contributed by atoms with Crippen molar-refractivity contribution in [2.24, 2.45) is 7.05 Å². The molecule has 19 heavy (non-hydrogen) atoms. The molecule has 4 nitrogen and oxygen atoms in total. The SMILES string of the molecule is Cc1nn(C)c2c1[nH]c(=S)n2-c1ccc(Br)c(F)c1. The molecule has 0 aliphatic carbocycles. The molecule has 2 heterocycles. The highest BCUT2D eigenvalue weighted by molar-refractivity contribution is 9.10. The molecule has 0 unspecified atom stereocenters. The van der Waals surface area contributed by atoms with Gasteiger partial charge in [-0.15, -0.1) is 0 Å². The lowest BCUT2D eigenvalue weighted by molar-refractivity contribution is 0.619. The summed E-state index contributed by atoms with van der Waals surface area (Å²) in [4.78, 5) is 3.11. The highest BCUT2D eigenvalue weighted by atomic mass is 79.9. The van der Waals surface area contributed by atoms with Crippen LogP contribution in [0.5, 0.6) is 0 Å². The number of imidazole rings is 1. The predicted octanol–water partition coefficient (Wildman–Crippen LogP) is 3.63. The molecule has 0 amide bonds. The summed E-state index contributed by atoms with van der Waals surface area (Å²) in [6.45, 7) is 1.90. The molecule has 0 fully saturated rings. The topological polar surface area (TPSA) is 38.5 Å². The molecule has 3 aromatic rings. The number of hydrogen-bond donors (Lipinski definition) is 1. The monoisotopic (exact) mass is 340 g/mol. The van der Waals surface area contributed by atoms with E-state index in [1.165, 1.54) is 6.07 Å². The molecule has 1 aromatic carbocycles. The van der Waals surface area contributed by atoms with Gasteiger partial charge in [0.1, 0.15) is 11.3 Å². The fourth-order valence-electron chi connectivity index (χ4n) is 2.17. The molecule has 7 heteroatoms. The summed E-state index contributed by atoms with van der Waals surface area (Å²) in [7, 11) is 1.84. The Morgan fingerprint density at radius 1 is 1.42 bits per heavy atom. The first kappa shape index (κ1) is 12.6. The Hall–Kier alpha value is -1.47. The van der Waals surface area contributed by atoms with Crippen LogP contribution in [0.25, 0.3) is 16.9 Å². The third kappa shape index (κ3) is 1.84. The zero-order valence-corrected chi connectivity index (χ0v) is 12.6. The summed E-state index contributed by atoms with van der Waals surface area (Å²) < 4.78 is 18.1. The van der Waals surface area contributed by atoms with Crippen LogP contribution in [0.3, 0.4) is 0 Å². The number of H-pyrrole nitrogens is 1. The van der Waals surface area contributed by atoms with Crippen molar-refractivity contribution in [1.82, 2.24) is 19.3 Å². The molecule has 98 valence electrons. The van der Waals surface area contributed by atoms with E-state index in [4.69, 9.17) is 12.2 Å². The molecule has 0 bridgehead atoms. The van der Waals surface area contributed by atoms with E-state index in [9.17, 15) is 4.39 Å². The summed E-state index contributed by atoms with van der Waals surface area (Å²) >= 11 is 8.46. The average molecular weight is 341 g/mol. The van der Waals surface area contributed by atoms with E-state index in [0.717, 1.165) is 16.9 Å². The molecule has 2 aromatic heterocycles. The Labute approximate surface area is 122 Å². The van der Waals surface area contributed by atoms with E-state index in [1.807, 2.05) is 14.0 Å². The zero-order valence-electron chi connectivity index (χ0n) is 10.2. The maximum absolute atomic E-state index is 13.7. The lowest BCUT2D eigenvalue weighted by Gasteiger charge is -2.05. The standard InChI is InChI=1S/C12H10BrFN4S/c1-6-10-11(17(2)16-6)18(12(19)15-10)7-3-4-8(13)9(14)5-7/h3-5H,1-2H3,(H,15,19). The Morgan fingerprint density at radius 3 is 2.84 bits per heavy atom. The highest BCUT2D eigenvalue weighted by Gasteiger charge is 2.14. The minimum absolute atomic E-state index is 0.326. The Bertz CT molecular complexity index is 845. The minimum atomic E-state index is -0.326. The van der Waals surface area contributed by atoms with Crippen molar-refractivity contribution in [2.45, 2.75) is 6.92 Å². The van der Waals surface area contributed by atoms with E-state index in [0.29, 0.717) is 14.9 Å². The number of aromatic amines is 1. The first-order chi connectivity index (χ1) is 8.99. The van der Waals surface area contributed by atoms with Gasteiger partial charge >= 0.3 is 0 Å². The number of nitrogens with one attached hydrogen (secondary N) is 1. The summed E-state index contributed by atoms with van der Waals surface area (Å²) in [5.74, 6) is -0.326. The first-order valence-corrected chi connectivity index (χ1v) is 6.79. The number of hydrogen-bond acceptors (Lipinski definition) is 2.